The zero-order valence-corrected chi connectivity index (χ0v) is 18.3. The zero-order chi connectivity index (χ0) is 21.8. The number of amides is 2. The van der Waals surface area contributed by atoms with Crippen LogP contribution in [0.4, 0.5) is 5.00 Å². The normalized spacial score (nSPS) is 14.2. The summed E-state index contributed by atoms with van der Waals surface area (Å²) < 4.78 is 7.06. The van der Waals surface area contributed by atoms with Gasteiger partial charge in [0.05, 0.1) is 25.0 Å². The number of ether oxygens (including phenoxy) is 1. The molecule has 1 aromatic carbocycles. The van der Waals surface area contributed by atoms with Crippen LogP contribution in [-0.2, 0) is 16.6 Å². The number of morpholine rings is 1. The number of thiophene rings is 1. The van der Waals surface area contributed by atoms with Gasteiger partial charge in [0.2, 0.25) is 5.91 Å². The van der Waals surface area contributed by atoms with Gasteiger partial charge in [-0.2, -0.15) is 5.10 Å². The van der Waals surface area contributed by atoms with Crippen LogP contribution in [0.15, 0.2) is 48.8 Å². The predicted molar refractivity (Wildman–Crippen MR) is 122 cm³/mol. The van der Waals surface area contributed by atoms with E-state index in [2.05, 4.69) is 10.4 Å². The molecular weight excluding hydrogens is 412 g/mol. The highest BCUT2D eigenvalue weighted by Crippen LogP contribution is 2.40. The van der Waals surface area contributed by atoms with Crippen molar-refractivity contribution >= 4 is 34.2 Å². The Morgan fingerprint density at radius 3 is 2.61 bits per heavy atom. The molecule has 1 aliphatic heterocycles. The fraction of sp³-hybridized carbons (Fsp3) is 0.261. The quantitative estimate of drug-likeness (QED) is 0.621. The van der Waals surface area contributed by atoms with E-state index in [1.165, 1.54) is 17.4 Å². The van der Waals surface area contributed by atoms with Gasteiger partial charge in [-0.3, -0.25) is 14.3 Å². The molecule has 0 unspecified atom stereocenters. The summed E-state index contributed by atoms with van der Waals surface area (Å²) in [5.41, 5.74) is 3.27. The van der Waals surface area contributed by atoms with Crippen LogP contribution in [0.1, 0.15) is 21.5 Å². The van der Waals surface area contributed by atoms with Crippen molar-refractivity contribution in [3.05, 3.63) is 65.5 Å². The molecule has 0 atom stereocenters. The van der Waals surface area contributed by atoms with Gasteiger partial charge in [0, 0.05) is 42.9 Å². The van der Waals surface area contributed by atoms with Gasteiger partial charge in [0.1, 0.15) is 5.00 Å². The number of rotatable bonds is 5. The Hall–Kier alpha value is -3.23. The first-order valence-corrected chi connectivity index (χ1v) is 10.9. The van der Waals surface area contributed by atoms with E-state index in [1.54, 1.807) is 21.9 Å². The summed E-state index contributed by atoms with van der Waals surface area (Å²) in [7, 11) is 1.82. The van der Waals surface area contributed by atoms with E-state index in [4.69, 9.17) is 4.74 Å². The SMILES string of the molecule is Cc1c(-c2ccccc2)sc(NC(=O)C=Cc2cnn(C)c2)c1C(=O)N1CCOCC1. The lowest BCUT2D eigenvalue weighted by molar-refractivity contribution is -0.111. The monoisotopic (exact) mass is 436 g/mol. The molecule has 1 N–H and O–H groups in total. The van der Waals surface area contributed by atoms with Crippen molar-refractivity contribution < 1.29 is 14.3 Å². The minimum absolute atomic E-state index is 0.0780. The summed E-state index contributed by atoms with van der Waals surface area (Å²) in [6.07, 6.45) is 6.65. The third-order valence-corrected chi connectivity index (χ3v) is 6.34. The van der Waals surface area contributed by atoms with Gasteiger partial charge in [-0.05, 0) is 24.1 Å². The Labute approximate surface area is 184 Å². The molecule has 1 fully saturated rings. The van der Waals surface area contributed by atoms with Crippen LogP contribution in [0.2, 0.25) is 0 Å². The van der Waals surface area contributed by atoms with Gasteiger partial charge in [-0.15, -0.1) is 11.3 Å². The van der Waals surface area contributed by atoms with Gasteiger partial charge in [0.25, 0.3) is 5.91 Å². The number of hydrogen-bond donors (Lipinski definition) is 1. The molecule has 160 valence electrons. The molecule has 0 aliphatic carbocycles. The minimum Gasteiger partial charge on any atom is -0.378 e. The lowest BCUT2D eigenvalue weighted by Gasteiger charge is -2.27. The van der Waals surface area contributed by atoms with Crippen molar-refractivity contribution in [1.82, 2.24) is 14.7 Å². The molecule has 8 heteroatoms. The van der Waals surface area contributed by atoms with E-state index in [0.717, 1.165) is 21.6 Å². The molecule has 3 aromatic rings. The van der Waals surface area contributed by atoms with Gasteiger partial charge in [0.15, 0.2) is 0 Å². The topological polar surface area (TPSA) is 76.5 Å². The van der Waals surface area contributed by atoms with Crippen LogP contribution in [0.3, 0.4) is 0 Å². The van der Waals surface area contributed by atoms with Crippen molar-refractivity contribution in [2.45, 2.75) is 6.92 Å². The van der Waals surface area contributed by atoms with E-state index in [0.29, 0.717) is 36.9 Å². The number of hydrogen-bond acceptors (Lipinski definition) is 5. The number of nitrogens with zero attached hydrogens (tertiary/aromatic N) is 3. The van der Waals surface area contributed by atoms with Crippen LogP contribution in [0.25, 0.3) is 16.5 Å². The van der Waals surface area contributed by atoms with E-state index in [1.807, 2.05) is 50.5 Å². The van der Waals surface area contributed by atoms with E-state index in [9.17, 15) is 9.59 Å². The van der Waals surface area contributed by atoms with E-state index >= 15 is 0 Å². The molecule has 1 saturated heterocycles. The van der Waals surface area contributed by atoms with Crippen LogP contribution < -0.4 is 5.32 Å². The van der Waals surface area contributed by atoms with Crippen molar-refractivity contribution in [2.24, 2.45) is 7.05 Å². The summed E-state index contributed by atoms with van der Waals surface area (Å²) in [4.78, 5) is 28.7. The van der Waals surface area contributed by atoms with Crippen LogP contribution in [0, 0.1) is 6.92 Å². The first-order valence-electron chi connectivity index (χ1n) is 10.1. The molecule has 2 aromatic heterocycles. The van der Waals surface area contributed by atoms with Crippen LogP contribution >= 0.6 is 11.3 Å². The third kappa shape index (κ3) is 4.76. The molecule has 0 spiro atoms. The maximum Gasteiger partial charge on any atom is 0.257 e. The number of carbonyl (C=O) groups is 2. The van der Waals surface area contributed by atoms with Gasteiger partial charge < -0.3 is 15.0 Å². The second-order valence-corrected chi connectivity index (χ2v) is 8.32. The van der Waals surface area contributed by atoms with Gasteiger partial charge >= 0.3 is 0 Å². The lowest BCUT2D eigenvalue weighted by Crippen LogP contribution is -2.41. The van der Waals surface area contributed by atoms with Crippen molar-refractivity contribution in [3.8, 4) is 10.4 Å². The minimum atomic E-state index is -0.291. The number of nitrogens with one attached hydrogen (secondary N) is 1. The van der Waals surface area contributed by atoms with Crippen molar-refractivity contribution in [2.75, 3.05) is 31.6 Å². The highest BCUT2D eigenvalue weighted by atomic mass is 32.1. The summed E-state index contributed by atoms with van der Waals surface area (Å²) in [6, 6.07) is 9.91. The standard InChI is InChI=1S/C23H24N4O3S/c1-16-20(23(29)27-10-12-30-13-11-27)22(31-21(16)18-6-4-3-5-7-18)25-19(28)9-8-17-14-24-26(2)15-17/h3-9,14-15H,10-13H2,1-2H3,(H,25,28). The van der Waals surface area contributed by atoms with E-state index < -0.39 is 0 Å². The van der Waals surface area contributed by atoms with Gasteiger partial charge in [-0.25, -0.2) is 0 Å². The molecule has 0 bridgehead atoms. The largest absolute Gasteiger partial charge is 0.378 e. The summed E-state index contributed by atoms with van der Waals surface area (Å²) in [6.45, 7) is 4.08. The highest BCUT2D eigenvalue weighted by molar-refractivity contribution is 7.20. The Morgan fingerprint density at radius 1 is 1.19 bits per heavy atom. The molecule has 4 rings (SSSR count). The van der Waals surface area contributed by atoms with Crippen LogP contribution in [-0.4, -0.2) is 52.8 Å². The van der Waals surface area contributed by atoms with Crippen molar-refractivity contribution in [3.63, 3.8) is 0 Å². The summed E-state index contributed by atoms with van der Waals surface area (Å²) in [5, 5.41) is 7.58. The zero-order valence-electron chi connectivity index (χ0n) is 17.5. The average molecular weight is 437 g/mol. The third-order valence-electron chi connectivity index (χ3n) is 5.08. The number of benzene rings is 1. The molecule has 31 heavy (non-hydrogen) atoms. The predicted octanol–water partition coefficient (Wildman–Crippen LogP) is 3.58. The average Bonchev–Trinajstić information content (AvgIpc) is 3.35. The molecule has 7 nitrogen and oxygen atoms in total. The molecule has 1 aliphatic rings. The first kappa shape index (κ1) is 21.0. The maximum absolute atomic E-state index is 13.3. The fourth-order valence-corrected chi connectivity index (χ4v) is 4.71. The molecule has 0 radical (unpaired) electrons. The number of carbonyl (C=O) groups excluding carboxylic acids is 2. The Kier molecular flexibility index (Phi) is 6.29. The summed E-state index contributed by atoms with van der Waals surface area (Å²) in [5.74, 6) is -0.369. The second-order valence-electron chi connectivity index (χ2n) is 7.30. The fourth-order valence-electron chi connectivity index (χ4n) is 3.50. The molecule has 0 saturated carbocycles. The smallest absolute Gasteiger partial charge is 0.257 e. The summed E-state index contributed by atoms with van der Waals surface area (Å²) >= 11 is 1.42. The number of aromatic nitrogens is 2. The Balaban J connectivity index is 1.65. The van der Waals surface area contributed by atoms with Gasteiger partial charge in [-0.1, -0.05) is 30.3 Å². The highest BCUT2D eigenvalue weighted by Gasteiger charge is 2.27. The molecule has 2 amide bonds. The molecule has 3 heterocycles. The number of anilines is 1. The maximum atomic E-state index is 13.3. The molecular formula is C23H24N4O3S. The first-order chi connectivity index (χ1) is 15.0. The van der Waals surface area contributed by atoms with Crippen molar-refractivity contribution in [1.29, 1.82) is 0 Å². The Bertz CT molecular complexity index is 1110. The lowest BCUT2D eigenvalue weighted by atomic mass is 10.1. The second kappa shape index (κ2) is 9.28. The van der Waals surface area contributed by atoms with Crippen LogP contribution in [0.5, 0.6) is 0 Å². The Morgan fingerprint density at radius 2 is 1.94 bits per heavy atom. The number of aryl methyl sites for hydroxylation is 1. The van der Waals surface area contributed by atoms with E-state index in [-0.39, 0.29) is 11.8 Å².